The zero-order valence-electron chi connectivity index (χ0n) is 12.3. The summed E-state index contributed by atoms with van der Waals surface area (Å²) in [6.07, 6.45) is 9.26. The fraction of sp³-hybridized carbons (Fsp3) is 0.438. The van der Waals surface area contributed by atoms with Crippen molar-refractivity contribution in [2.45, 2.75) is 32.1 Å². The van der Waals surface area contributed by atoms with Crippen LogP contribution in [0.25, 0.3) is 0 Å². The lowest BCUT2D eigenvalue weighted by Gasteiger charge is -2.22. The molecule has 22 heavy (non-hydrogen) atoms. The summed E-state index contributed by atoms with van der Waals surface area (Å²) in [6.45, 7) is 0.665. The Labute approximate surface area is 128 Å². The van der Waals surface area contributed by atoms with Crippen LogP contribution in [0.1, 0.15) is 42.6 Å². The van der Waals surface area contributed by atoms with E-state index in [1.165, 1.54) is 44.4 Å². The van der Waals surface area contributed by atoms with E-state index in [9.17, 15) is 4.79 Å². The van der Waals surface area contributed by atoms with Crippen LogP contribution in [-0.4, -0.2) is 22.7 Å². The van der Waals surface area contributed by atoms with Crippen molar-refractivity contribution in [3.8, 4) is 5.75 Å². The number of ether oxygens (including phenoxy) is 1. The molecule has 6 heteroatoms. The first-order chi connectivity index (χ1) is 10.8. The Balaban J connectivity index is 1.63. The average Bonchev–Trinajstić information content (AvgIpc) is 3.10. The van der Waals surface area contributed by atoms with E-state index in [-0.39, 0.29) is 11.6 Å². The molecule has 116 valence electrons. The Hall–Kier alpha value is -2.37. The topological polar surface area (TPSA) is 77.2 Å². The molecule has 2 heterocycles. The number of carbonyl (C=O) groups excluding carboxylic acids is 1. The van der Waals surface area contributed by atoms with Gasteiger partial charge in [0.2, 0.25) is 0 Å². The Morgan fingerprint density at radius 2 is 2.18 bits per heavy atom. The van der Waals surface area contributed by atoms with Gasteiger partial charge in [-0.1, -0.05) is 24.4 Å². The highest BCUT2D eigenvalue weighted by Gasteiger charge is 2.17. The second-order valence-corrected chi connectivity index (χ2v) is 5.50. The summed E-state index contributed by atoms with van der Waals surface area (Å²) in [5.74, 6) is 1.22. The van der Waals surface area contributed by atoms with E-state index in [2.05, 4.69) is 20.0 Å². The molecule has 2 aromatic heterocycles. The Bertz CT molecular complexity index is 607. The number of anilines is 1. The largest absolute Gasteiger partial charge is 0.489 e. The molecule has 2 aromatic rings. The first-order valence-corrected chi connectivity index (χ1v) is 7.62. The van der Waals surface area contributed by atoms with Gasteiger partial charge in [0.15, 0.2) is 17.3 Å². The van der Waals surface area contributed by atoms with Gasteiger partial charge in [-0.05, 0) is 30.9 Å². The van der Waals surface area contributed by atoms with Crippen LogP contribution in [-0.2, 0) is 0 Å². The van der Waals surface area contributed by atoms with Crippen LogP contribution in [0, 0.1) is 5.92 Å². The minimum atomic E-state index is -0.366. The minimum Gasteiger partial charge on any atom is -0.489 e. The molecular weight excluding hydrogens is 282 g/mol. The third-order valence-corrected chi connectivity index (χ3v) is 3.87. The molecule has 3 rings (SSSR count). The highest BCUT2D eigenvalue weighted by molar-refractivity contribution is 6.02. The lowest BCUT2D eigenvalue weighted by molar-refractivity contribution is 0.101. The van der Waals surface area contributed by atoms with Crippen LogP contribution >= 0.6 is 0 Å². The maximum absolute atomic E-state index is 12.0. The maximum atomic E-state index is 12.0. The summed E-state index contributed by atoms with van der Waals surface area (Å²) in [7, 11) is 0. The van der Waals surface area contributed by atoms with Crippen molar-refractivity contribution < 1.29 is 14.1 Å². The Kier molecular flexibility index (Phi) is 4.68. The van der Waals surface area contributed by atoms with Crippen LogP contribution in [0.5, 0.6) is 5.75 Å². The van der Waals surface area contributed by atoms with Gasteiger partial charge in [-0.25, -0.2) is 4.98 Å². The molecule has 0 saturated heterocycles. The SMILES string of the molecule is O=C(Nc1ncccc1OCC1CCCCC1)c1ccon1. The number of pyridine rings is 1. The predicted molar refractivity (Wildman–Crippen MR) is 80.8 cm³/mol. The van der Waals surface area contributed by atoms with Crippen molar-refractivity contribution in [2.75, 3.05) is 11.9 Å². The number of hydrogen-bond donors (Lipinski definition) is 1. The van der Waals surface area contributed by atoms with Gasteiger partial charge >= 0.3 is 0 Å². The van der Waals surface area contributed by atoms with Crippen LogP contribution in [0.4, 0.5) is 5.82 Å². The molecule has 0 spiro atoms. The molecule has 0 atom stereocenters. The van der Waals surface area contributed by atoms with Gasteiger partial charge < -0.3 is 14.6 Å². The lowest BCUT2D eigenvalue weighted by Crippen LogP contribution is -2.18. The van der Waals surface area contributed by atoms with Crippen LogP contribution in [0.3, 0.4) is 0 Å². The number of rotatable bonds is 5. The van der Waals surface area contributed by atoms with Crippen molar-refractivity contribution in [1.82, 2.24) is 10.1 Å². The molecule has 0 aromatic carbocycles. The first kappa shape index (κ1) is 14.6. The van der Waals surface area contributed by atoms with Gasteiger partial charge in [0.05, 0.1) is 6.61 Å². The third-order valence-electron chi connectivity index (χ3n) is 3.87. The molecule has 0 unspecified atom stereocenters. The number of carbonyl (C=O) groups is 1. The number of nitrogens with zero attached hydrogens (tertiary/aromatic N) is 2. The number of nitrogens with one attached hydrogen (secondary N) is 1. The van der Waals surface area contributed by atoms with Gasteiger partial charge in [-0.2, -0.15) is 0 Å². The second kappa shape index (κ2) is 7.06. The Morgan fingerprint density at radius 1 is 1.32 bits per heavy atom. The van der Waals surface area contributed by atoms with Crippen LogP contribution in [0.2, 0.25) is 0 Å². The zero-order valence-corrected chi connectivity index (χ0v) is 12.3. The number of aromatic nitrogens is 2. The van der Waals surface area contributed by atoms with Crippen LogP contribution < -0.4 is 10.1 Å². The first-order valence-electron chi connectivity index (χ1n) is 7.62. The summed E-state index contributed by atoms with van der Waals surface area (Å²) in [5.41, 5.74) is 0.212. The predicted octanol–water partition coefficient (Wildman–Crippen LogP) is 3.28. The molecule has 6 nitrogen and oxygen atoms in total. The molecule has 1 fully saturated rings. The smallest absolute Gasteiger partial charge is 0.279 e. The number of hydrogen-bond acceptors (Lipinski definition) is 5. The van der Waals surface area contributed by atoms with E-state index in [1.807, 2.05) is 6.07 Å². The molecule has 1 aliphatic rings. The molecule has 1 N–H and O–H groups in total. The lowest BCUT2D eigenvalue weighted by atomic mass is 9.90. The van der Waals surface area contributed by atoms with Gasteiger partial charge in [0.1, 0.15) is 6.26 Å². The van der Waals surface area contributed by atoms with E-state index < -0.39 is 0 Å². The molecule has 0 radical (unpaired) electrons. The quantitative estimate of drug-likeness (QED) is 0.917. The van der Waals surface area contributed by atoms with Crippen LogP contribution in [0.15, 0.2) is 35.2 Å². The highest BCUT2D eigenvalue weighted by atomic mass is 16.5. The summed E-state index contributed by atoms with van der Waals surface area (Å²) in [5, 5.41) is 6.31. The summed E-state index contributed by atoms with van der Waals surface area (Å²) < 4.78 is 10.5. The summed E-state index contributed by atoms with van der Waals surface area (Å²) in [6, 6.07) is 5.11. The number of amides is 1. The molecule has 1 aliphatic carbocycles. The van der Waals surface area contributed by atoms with E-state index in [4.69, 9.17) is 4.74 Å². The van der Waals surface area contributed by atoms with Gasteiger partial charge in [0.25, 0.3) is 5.91 Å². The fourth-order valence-electron chi connectivity index (χ4n) is 2.66. The normalized spacial score (nSPS) is 15.5. The molecule has 0 bridgehead atoms. The van der Waals surface area contributed by atoms with Crippen molar-refractivity contribution in [3.05, 3.63) is 36.4 Å². The monoisotopic (exact) mass is 301 g/mol. The molecule has 1 amide bonds. The van der Waals surface area contributed by atoms with Crippen molar-refractivity contribution in [2.24, 2.45) is 5.92 Å². The average molecular weight is 301 g/mol. The fourth-order valence-corrected chi connectivity index (χ4v) is 2.66. The van der Waals surface area contributed by atoms with Gasteiger partial charge in [-0.15, -0.1) is 0 Å². The van der Waals surface area contributed by atoms with E-state index in [0.717, 1.165) is 0 Å². The Morgan fingerprint density at radius 3 is 2.95 bits per heavy atom. The zero-order chi connectivity index (χ0) is 15.2. The van der Waals surface area contributed by atoms with E-state index in [1.54, 1.807) is 12.3 Å². The molecule has 0 aliphatic heterocycles. The van der Waals surface area contributed by atoms with E-state index >= 15 is 0 Å². The molecule has 1 saturated carbocycles. The van der Waals surface area contributed by atoms with Gasteiger partial charge in [0, 0.05) is 12.3 Å². The molecular formula is C16H19N3O3. The second-order valence-electron chi connectivity index (χ2n) is 5.50. The summed E-state index contributed by atoms with van der Waals surface area (Å²) in [4.78, 5) is 16.2. The van der Waals surface area contributed by atoms with Crippen molar-refractivity contribution in [1.29, 1.82) is 0 Å². The van der Waals surface area contributed by atoms with Gasteiger partial charge in [-0.3, -0.25) is 4.79 Å². The summed E-state index contributed by atoms with van der Waals surface area (Å²) >= 11 is 0. The standard InChI is InChI=1S/C16H19N3O3/c20-16(13-8-10-22-19-13)18-15-14(7-4-9-17-15)21-11-12-5-2-1-3-6-12/h4,7-10,12H,1-3,5-6,11H2,(H,17,18,20). The minimum absolute atomic E-state index is 0.212. The maximum Gasteiger partial charge on any atom is 0.279 e. The third kappa shape index (κ3) is 3.63. The van der Waals surface area contributed by atoms with Crippen molar-refractivity contribution >= 4 is 11.7 Å². The highest BCUT2D eigenvalue weighted by Crippen LogP contribution is 2.27. The van der Waals surface area contributed by atoms with E-state index in [0.29, 0.717) is 24.1 Å². The van der Waals surface area contributed by atoms with Crippen molar-refractivity contribution in [3.63, 3.8) is 0 Å².